The summed E-state index contributed by atoms with van der Waals surface area (Å²) in [6, 6.07) is 13.2. The number of benzene rings is 2. The van der Waals surface area contributed by atoms with Crippen LogP contribution < -0.4 is 5.56 Å². The number of amides is 1. The van der Waals surface area contributed by atoms with E-state index in [4.69, 9.17) is 4.74 Å². The SMILES string of the molecule is Cc1ccc(S(=O)(=O)N2CCN(C(=O)COC(=O)c3cc(=O)[nH]c4ccccc34)CC2)c(C)c1. The summed E-state index contributed by atoms with van der Waals surface area (Å²) in [7, 11) is -3.67. The third kappa shape index (κ3) is 4.73. The van der Waals surface area contributed by atoms with E-state index >= 15 is 0 Å². The second-order valence-corrected chi connectivity index (χ2v) is 10.1. The first-order valence-corrected chi connectivity index (χ1v) is 12.3. The van der Waals surface area contributed by atoms with E-state index in [0.29, 0.717) is 16.5 Å². The second kappa shape index (κ2) is 9.40. The van der Waals surface area contributed by atoms with Crippen molar-refractivity contribution >= 4 is 32.8 Å². The number of nitrogens with zero attached hydrogens (tertiary/aromatic N) is 2. The van der Waals surface area contributed by atoms with Crippen molar-refractivity contribution in [1.29, 1.82) is 0 Å². The summed E-state index contributed by atoms with van der Waals surface area (Å²) in [6.07, 6.45) is 0. The van der Waals surface area contributed by atoms with Gasteiger partial charge in [0.2, 0.25) is 15.6 Å². The van der Waals surface area contributed by atoms with Crippen LogP contribution in [0.25, 0.3) is 10.9 Å². The molecule has 9 nitrogen and oxygen atoms in total. The van der Waals surface area contributed by atoms with Crippen LogP contribution in [0.15, 0.2) is 58.2 Å². The highest BCUT2D eigenvalue weighted by molar-refractivity contribution is 7.89. The third-order valence-electron chi connectivity index (χ3n) is 5.84. The van der Waals surface area contributed by atoms with Crippen LogP contribution in [0.3, 0.4) is 0 Å². The average molecular weight is 484 g/mol. The van der Waals surface area contributed by atoms with Crippen molar-refractivity contribution in [3.05, 3.63) is 75.6 Å². The molecule has 0 atom stereocenters. The molecule has 0 aliphatic carbocycles. The first-order chi connectivity index (χ1) is 16.2. The second-order valence-electron chi connectivity index (χ2n) is 8.22. The fourth-order valence-electron chi connectivity index (χ4n) is 4.08. The summed E-state index contributed by atoms with van der Waals surface area (Å²) in [4.78, 5) is 41.4. The van der Waals surface area contributed by atoms with Crippen molar-refractivity contribution in [2.75, 3.05) is 32.8 Å². The maximum atomic E-state index is 13.0. The van der Waals surface area contributed by atoms with Gasteiger partial charge in [0.1, 0.15) is 0 Å². The number of aromatic nitrogens is 1. The Balaban J connectivity index is 1.37. The van der Waals surface area contributed by atoms with Crippen molar-refractivity contribution in [3.63, 3.8) is 0 Å². The Morgan fingerprint density at radius 2 is 1.71 bits per heavy atom. The summed E-state index contributed by atoms with van der Waals surface area (Å²) in [5.74, 6) is -1.20. The standard InChI is InChI=1S/C24H25N3O6S/c1-16-7-8-21(17(2)13-16)34(31,32)27-11-9-26(10-12-27)23(29)15-33-24(30)19-14-22(28)25-20-6-4-3-5-18(19)20/h3-8,13-14H,9-12,15H2,1-2H3,(H,25,28). The summed E-state index contributed by atoms with van der Waals surface area (Å²) in [5, 5.41) is 0.518. The average Bonchev–Trinajstić information content (AvgIpc) is 2.81. The summed E-state index contributed by atoms with van der Waals surface area (Å²) in [5.41, 5.74) is 1.79. The molecule has 1 fully saturated rings. The number of fused-ring (bicyclic) bond motifs is 1. The number of sulfonamides is 1. The van der Waals surface area contributed by atoms with Crippen molar-refractivity contribution in [3.8, 4) is 0 Å². The van der Waals surface area contributed by atoms with E-state index in [1.807, 2.05) is 13.0 Å². The molecule has 34 heavy (non-hydrogen) atoms. The molecule has 0 radical (unpaired) electrons. The number of hydrogen-bond donors (Lipinski definition) is 1. The van der Waals surface area contributed by atoms with Gasteiger partial charge >= 0.3 is 5.97 Å². The Morgan fingerprint density at radius 3 is 2.41 bits per heavy atom. The lowest BCUT2D eigenvalue weighted by Crippen LogP contribution is -2.51. The van der Waals surface area contributed by atoms with Gasteiger partial charge in [0.15, 0.2) is 6.61 Å². The Bertz CT molecular complexity index is 1420. The number of pyridine rings is 1. The molecule has 4 rings (SSSR count). The fraction of sp³-hybridized carbons (Fsp3) is 0.292. The normalized spacial score (nSPS) is 14.8. The van der Waals surface area contributed by atoms with Gasteiger partial charge in [-0.25, -0.2) is 13.2 Å². The largest absolute Gasteiger partial charge is 0.452 e. The number of H-pyrrole nitrogens is 1. The summed E-state index contributed by atoms with van der Waals surface area (Å²) < 4.78 is 32.6. The molecule has 0 unspecified atom stereocenters. The zero-order valence-electron chi connectivity index (χ0n) is 18.9. The first kappa shape index (κ1) is 23.7. The molecule has 10 heteroatoms. The number of carbonyl (C=O) groups excluding carboxylic acids is 2. The van der Waals surface area contributed by atoms with Crippen LogP contribution in [-0.4, -0.2) is 67.3 Å². The minimum atomic E-state index is -3.67. The van der Waals surface area contributed by atoms with Gasteiger partial charge in [-0.15, -0.1) is 0 Å². The minimum absolute atomic E-state index is 0.0801. The van der Waals surface area contributed by atoms with Gasteiger partial charge in [0.25, 0.3) is 5.91 Å². The molecular formula is C24H25N3O6S. The summed E-state index contributed by atoms with van der Waals surface area (Å²) >= 11 is 0. The van der Waals surface area contributed by atoms with Crippen LogP contribution in [0, 0.1) is 13.8 Å². The molecule has 0 bridgehead atoms. The Hall–Kier alpha value is -3.50. The highest BCUT2D eigenvalue weighted by Gasteiger charge is 2.31. The predicted molar refractivity (Wildman–Crippen MR) is 126 cm³/mol. The molecule has 0 saturated carbocycles. The summed E-state index contributed by atoms with van der Waals surface area (Å²) in [6.45, 7) is 3.84. The number of carbonyl (C=O) groups is 2. The van der Waals surface area contributed by atoms with E-state index in [2.05, 4.69) is 4.98 Å². The van der Waals surface area contributed by atoms with Crippen LogP contribution in [0.1, 0.15) is 21.5 Å². The predicted octanol–water partition coefficient (Wildman–Crippen LogP) is 1.83. The Labute approximate surface area is 197 Å². The molecule has 178 valence electrons. The number of aryl methyl sites for hydroxylation is 2. The monoisotopic (exact) mass is 483 g/mol. The van der Waals surface area contributed by atoms with Gasteiger partial charge in [-0.1, -0.05) is 35.9 Å². The molecule has 3 aromatic rings. The smallest absolute Gasteiger partial charge is 0.339 e. The van der Waals surface area contributed by atoms with E-state index < -0.39 is 34.1 Å². The van der Waals surface area contributed by atoms with Gasteiger partial charge in [-0.05, 0) is 31.5 Å². The number of hydrogen-bond acceptors (Lipinski definition) is 6. The van der Waals surface area contributed by atoms with E-state index in [0.717, 1.165) is 11.6 Å². The number of para-hydroxylation sites is 1. The quantitative estimate of drug-likeness (QED) is 0.554. The maximum Gasteiger partial charge on any atom is 0.339 e. The molecular weight excluding hydrogens is 458 g/mol. The third-order valence-corrected chi connectivity index (χ3v) is 7.90. The number of ether oxygens (including phenoxy) is 1. The van der Waals surface area contributed by atoms with Crippen molar-refractivity contribution in [1.82, 2.24) is 14.2 Å². The minimum Gasteiger partial charge on any atom is -0.452 e. The Morgan fingerprint density at radius 1 is 1.00 bits per heavy atom. The van der Waals surface area contributed by atoms with Crippen LogP contribution in [0.5, 0.6) is 0 Å². The zero-order chi connectivity index (χ0) is 24.5. The molecule has 1 amide bonds. The van der Waals surface area contributed by atoms with Gasteiger partial charge in [-0.2, -0.15) is 4.31 Å². The van der Waals surface area contributed by atoms with Crippen LogP contribution in [0.4, 0.5) is 0 Å². The molecule has 1 aliphatic heterocycles. The Kier molecular flexibility index (Phi) is 6.54. The maximum absolute atomic E-state index is 13.0. The van der Waals surface area contributed by atoms with Gasteiger partial charge in [0.05, 0.1) is 10.5 Å². The molecule has 0 spiro atoms. The van der Waals surface area contributed by atoms with E-state index in [-0.39, 0.29) is 36.6 Å². The van der Waals surface area contributed by atoms with Crippen molar-refractivity contribution < 1.29 is 22.7 Å². The highest BCUT2D eigenvalue weighted by atomic mass is 32.2. The highest BCUT2D eigenvalue weighted by Crippen LogP contribution is 2.22. The van der Waals surface area contributed by atoms with E-state index in [1.54, 1.807) is 43.3 Å². The zero-order valence-corrected chi connectivity index (χ0v) is 19.7. The lowest BCUT2D eigenvalue weighted by molar-refractivity contribution is -0.135. The van der Waals surface area contributed by atoms with Crippen LogP contribution in [-0.2, 0) is 19.6 Å². The van der Waals surface area contributed by atoms with E-state index in [1.165, 1.54) is 9.21 Å². The van der Waals surface area contributed by atoms with Crippen LogP contribution in [0.2, 0.25) is 0 Å². The first-order valence-electron chi connectivity index (χ1n) is 10.8. The van der Waals surface area contributed by atoms with Gasteiger partial charge in [-0.3, -0.25) is 9.59 Å². The number of aromatic amines is 1. The van der Waals surface area contributed by atoms with Gasteiger partial charge < -0.3 is 14.6 Å². The van der Waals surface area contributed by atoms with Crippen molar-refractivity contribution in [2.45, 2.75) is 18.7 Å². The molecule has 1 saturated heterocycles. The number of esters is 1. The fourth-order valence-corrected chi connectivity index (χ4v) is 5.70. The number of piperazine rings is 1. The molecule has 2 aromatic carbocycles. The molecule has 1 N–H and O–H groups in total. The lowest BCUT2D eigenvalue weighted by atomic mass is 10.1. The van der Waals surface area contributed by atoms with E-state index in [9.17, 15) is 22.8 Å². The molecule has 1 aliphatic rings. The van der Waals surface area contributed by atoms with Gasteiger partial charge in [0, 0.05) is 43.1 Å². The molecule has 2 heterocycles. The topological polar surface area (TPSA) is 117 Å². The lowest BCUT2D eigenvalue weighted by Gasteiger charge is -2.34. The number of rotatable bonds is 5. The number of nitrogens with one attached hydrogen (secondary N) is 1. The molecule has 1 aromatic heterocycles. The van der Waals surface area contributed by atoms with Crippen LogP contribution >= 0.6 is 0 Å². The van der Waals surface area contributed by atoms with Crippen molar-refractivity contribution in [2.24, 2.45) is 0 Å².